The lowest BCUT2D eigenvalue weighted by atomic mass is 10.00. The predicted octanol–water partition coefficient (Wildman–Crippen LogP) is 7.88. The van der Waals surface area contributed by atoms with Gasteiger partial charge in [0.15, 0.2) is 0 Å². The summed E-state index contributed by atoms with van der Waals surface area (Å²) in [5.41, 5.74) is 3.41. The Morgan fingerprint density at radius 1 is 1.18 bits per heavy atom. The molecule has 0 aliphatic carbocycles. The van der Waals surface area contributed by atoms with Gasteiger partial charge in [0.2, 0.25) is 0 Å². The number of aryl methyl sites for hydroxylation is 1. The van der Waals surface area contributed by atoms with E-state index in [0.717, 1.165) is 34.6 Å². The molecule has 0 fully saturated rings. The van der Waals surface area contributed by atoms with E-state index < -0.39 is 0 Å². The smallest absolute Gasteiger partial charge is 0.344 e. The molecule has 1 aromatic heterocycles. The maximum Gasteiger partial charge on any atom is 0.344 e. The quantitative estimate of drug-likeness (QED) is 0.259. The minimum absolute atomic E-state index is 0.282. The van der Waals surface area contributed by atoms with Gasteiger partial charge in [0, 0.05) is 51.7 Å². The topological polar surface area (TPSA) is 33.5 Å². The average molecular weight is 492 g/mol. The van der Waals surface area contributed by atoms with E-state index in [1.165, 1.54) is 15.4 Å². The zero-order chi connectivity index (χ0) is 24.2. The van der Waals surface area contributed by atoms with Gasteiger partial charge in [0.1, 0.15) is 5.58 Å². The lowest BCUT2D eigenvalue weighted by Crippen LogP contribution is -2.10. The van der Waals surface area contributed by atoms with E-state index in [1.54, 1.807) is 23.5 Å². The second-order valence-electron chi connectivity index (χ2n) is 9.54. The number of benzene rings is 2. The maximum atomic E-state index is 13.2. The molecule has 0 amide bonds. The van der Waals surface area contributed by atoms with Gasteiger partial charge in [-0.05, 0) is 60.6 Å². The number of allylic oxidation sites excluding steroid dienone is 2. The first-order valence-electron chi connectivity index (χ1n) is 11.9. The summed E-state index contributed by atoms with van der Waals surface area (Å²) in [6.45, 7) is 6.67. The van der Waals surface area contributed by atoms with Gasteiger partial charge >= 0.3 is 5.63 Å². The molecule has 0 saturated heterocycles. The van der Waals surface area contributed by atoms with E-state index in [-0.39, 0.29) is 5.63 Å². The van der Waals surface area contributed by atoms with Crippen LogP contribution in [-0.4, -0.2) is 19.8 Å². The van der Waals surface area contributed by atoms with Gasteiger partial charge in [-0.2, -0.15) is 0 Å². The number of nitrogens with zero attached hydrogens (tertiary/aromatic N) is 1. The molecule has 4 rings (SSSR count). The second-order valence-corrected chi connectivity index (χ2v) is 11.7. The fourth-order valence-electron chi connectivity index (χ4n) is 3.98. The molecule has 2 heterocycles. The Labute approximate surface area is 211 Å². The molecular weight excluding hydrogens is 458 g/mol. The lowest BCUT2D eigenvalue weighted by molar-refractivity contribution is 0.555. The maximum absolute atomic E-state index is 13.2. The molecule has 1 atom stereocenters. The van der Waals surface area contributed by atoms with Crippen LogP contribution in [0.2, 0.25) is 0 Å². The highest BCUT2D eigenvalue weighted by molar-refractivity contribution is 8.03. The number of hydrogen-bond donors (Lipinski definition) is 0. The highest BCUT2D eigenvalue weighted by atomic mass is 32.2. The Kier molecular flexibility index (Phi) is 7.95. The fraction of sp³-hybridized carbons (Fsp3) is 0.345. The van der Waals surface area contributed by atoms with Gasteiger partial charge < -0.3 is 9.32 Å². The van der Waals surface area contributed by atoms with Gasteiger partial charge in [-0.15, -0.1) is 11.8 Å². The van der Waals surface area contributed by atoms with Crippen LogP contribution >= 0.6 is 23.5 Å². The first kappa shape index (κ1) is 24.7. The molecule has 1 aliphatic rings. The zero-order valence-electron chi connectivity index (χ0n) is 20.6. The fourth-order valence-corrected chi connectivity index (χ4v) is 6.25. The van der Waals surface area contributed by atoms with Gasteiger partial charge in [-0.25, -0.2) is 4.79 Å². The number of anilines is 1. The van der Waals surface area contributed by atoms with E-state index in [4.69, 9.17) is 4.42 Å². The number of thioether (sulfide) groups is 2. The third-order valence-corrected chi connectivity index (χ3v) is 8.57. The normalized spacial score (nSPS) is 16.4. The standard InChI is InChI=1S/C29H33NO2S2/c1-19(2)18-33-28-24-14-12-22(30(4)5)17-26(24)32-29(31)25(28)15-13-23-16-20(3)10-11-21-8-6-7-9-27(21)34-23/h6-9,12-17,19-20H,10-11,18H2,1-5H3/b15-13+,23-16?/t20-/m1/s1. The van der Waals surface area contributed by atoms with Crippen molar-refractivity contribution in [3.8, 4) is 0 Å². The van der Waals surface area contributed by atoms with Crippen LogP contribution in [0.5, 0.6) is 0 Å². The van der Waals surface area contributed by atoms with Crippen LogP contribution in [0.4, 0.5) is 5.69 Å². The van der Waals surface area contributed by atoms with Crippen molar-refractivity contribution >= 4 is 46.3 Å². The molecule has 0 spiro atoms. The van der Waals surface area contributed by atoms with Crippen molar-refractivity contribution in [2.75, 3.05) is 24.7 Å². The van der Waals surface area contributed by atoms with Crippen molar-refractivity contribution in [3.63, 3.8) is 0 Å². The summed E-state index contributed by atoms with van der Waals surface area (Å²) >= 11 is 3.53. The van der Waals surface area contributed by atoms with Crippen LogP contribution in [0.15, 0.2) is 78.5 Å². The molecule has 0 saturated carbocycles. The van der Waals surface area contributed by atoms with E-state index in [2.05, 4.69) is 69.3 Å². The van der Waals surface area contributed by atoms with Gasteiger partial charge in [0.05, 0.1) is 5.56 Å². The van der Waals surface area contributed by atoms with Crippen molar-refractivity contribution in [1.82, 2.24) is 0 Å². The first-order valence-corrected chi connectivity index (χ1v) is 13.7. The first-order chi connectivity index (χ1) is 16.3. The Morgan fingerprint density at radius 3 is 2.74 bits per heavy atom. The van der Waals surface area contributed by atoms with Crippen molar-refractivity contribution in [1.29, 1.82) is 0 Å². The Bertz CT molecular complexity index is 1290. The summed E-state index contributed by atoms with van der Waals surface area (Å²) in [4.78, 5) is 18.7. The zero-order valence-corrected chi connectivity index (χ0v) is 22.3. The summed E-state index contributed by atoms with van der Waals surface area (Å²) in [7, 11) is 3.98. The summed E-state index contributed by atoms with van der Waals surface area (Å²) in [6.07, 6.45) is 8.59. The SMILES string of the molecule is CC(C)CSc1c(/C=C/C2=C[C@H](C)CCc3ccccc3S2)c(=O)oc2cc(N(C)C)ccc12. The Hall–Kier alpha value is -2.37. The van der Waals surface area contributed by atoms with E-state index >= 15 is 0 Å². The summed E-state index contributed by atoms with van der Waals surface area (Å²) in [5.74, 6) is 1.94. The molecule has 178 valence electrons. The number of fused-ring (bicyclic) bond motifs is 2. The van der Waals surface area contributed by atoms with Crippen LogP contribution in [0.25, 0.3) is 17.0 Å². The largest absolute Gasteiger partial charge is 0.422 e. The molecule has 2 aromatic carbocycles. The minimum atomic E-state index is -0.282. The molecule has 0 unspecified atom stereocenters. The molecule has 3 aromatic rings. The summed E-state index contributed by atoms with van der Waals surface area (Å²) in [6, 6.07) is 14.7. The third kappa shape index (κ3) is 5.81. The lowest BCUT2D eigenvalue weighted by Gasteiger charge is -2.17. The highest BCUT2D eigenvalue weighted by Gasteiger charge is 2.16. The van der Waals surface area contributed by atoms with Crippen LogP contribution < -0.4 is 10.5 Å². The van der Waals surface area contributed by atoms with Crippen LogP contribution in [0, 0.1) is 11.8 Å². The van der Waals surface area contributed by atoms with Gasteiger partial charge in [-0.3, -0.25) is 0 Å². The molecule has 5 heteroatoms. The molecule has 1 aliphatic heterocycles. The highest BCUT2D eigenvalue weighted by Crippen LogP contribution is 2.37. The second kappa shape index (κ2) is 10.9. The van der Waals surface area contributed by atoms with Gasteiger partial charge in [-0.1, -0.05) is 56.8 Å². The van der Waals surface area contributed by atoms with Crippen molar-refractivity contribution in [3.05, 3.63) is 81.1 Å². The average Bonchev–Trinajstić information content (AvgIpc) is 2.79. The molecule has 3 nitrogen and oxygen atoms in total. The summed E-state index contributed by atoms with van der Waals surface area (Å²) < 4.78 is 5.82. The van der Waals surface area contributed by atoms with Crippen LogP contribution in [0.3, 0.4) is 0 Å². The van der Waals surface area contributed by atoms with Crippen LogP contribution in [0.1, 0.15) is 38.3 Å². The third-order valence-electron chi connectivity index (χ3n) is 5.89. The number of rotatable bonds is 6. The Balaban J connectivity index is 1.77. The van der Waals surface area contributed by atoms with Crippen molar-refractivity contribution in [2.45, 2.75) is 43.4 Å². The minimum Gasteiger partial charge on any atom is -0.422 e. The molecule has 0 bridgehead atoms. The monoisotopic (exact) mass is 491 g/mol. The number of hydrogen-bond acceptors (Lipinski definition) is 5. The van der Waals surface area contributed by atoms with E-state index in [1.807, 2.05) is 31.1 Å². The summed E-state index contributed by atoms with van der Waals surface area (Å²) in [5, 5.41) is 0.994. The Morgan fingerprint density at radius 2 is 1.97 bits per heavy atom. The van der Waals surface area contributed by atoms with E-state index in [9.17, 15) is 4.79 Å². The van der Waals surface area contributed by atoms with Gasteiger partial charge in [0.25, 0.3) is 0 Å². The molecule has 0 radical (unpaired) electrons. The molecular formula is C29H33NO2S2. The molecule has 0 N–H and O–H groups in total. The van der Waals surface area contributed by atoms with Crippen molar-refractivity contribution in [2.24, 2.45) is 11.8 Å². The van der Waals surface area contributed by atoms with E-state index in [0.29, 0.717) is 23.0 Å². The molecule has 34 heavy (non-hydrogen) atoms. The van der Waals surface area contributed by atoms with Crippen molar-refractivity contribution < 1.29 is 4.42 Å². The predicted molar refractivity (Wildman–Crippen MR) is 149 cm³/mol. The van der Waals surface area contributed by atoms with Crippen LogP contribution in [-0.2, 0) is 6.42 Å².